The van der Waals surface area contributed by atoms with E-state index >= 15 is 0 Å². The standard InChI is InChI=1S/C18H12ClF3NOS/c1-11-16(10-24-15-5-3-2-4-14(15)19)25-17(23-11)12-6-8-13(9-7-12)18(20,21)22/h2-3,5-9H,10H2,1H3. The summed E-state index contributed by atoms with van der Waals surface area (Å²) in [7, 11) is 0. The molecule has 0 atom stereocenters. The molecule has 0 saturated carbocycles. The van der Waals surface area contributed by atoms with Crippen molar-refractivity contribution in [2.45, 2.75) is 19.7 Å². The molecule has 0 saturated heterocycles. The van der Waals surface area contributed by atoms with E-state index in [-0.39, 0.29) is 6.61 Å². The monoisotopic (exact) mass is 382 g/mol. The minimum atomic E-state index is -4.34. The van der Waals surface area contributed by atoms with Crippen LogP contribution < -0.4 is 4.74 Å². The zero-order chi connectivity index (χ0) is 18.0. The summed E-state index contributed by atoms with van der Waals surface area (Å²) >= 11 is 7.38. The average Bonchev–Trinajstić information content (AvgIpc) is 2.94. The first-order valence-corrected chi connectivity index (χ1v) is 8.47. The van der Waals surface area contributed by atoms with E-state index in [1.54, 1.807) is 18.2 Å². The first kappa shape index (κ1) is 17.8. The van der Waals surface area contributed by atoms with Crippen LogP contribution >= 0.6 is 22.9 Å². The number of alkyl halides is 3. The van der Waals surface area contributed by atoms with Crippen molar-refractivity contribution in [3.63, 3.8) is 0 Å². The van der Waals surface area contributed by atoms with Gasteiger partial charge in [0.15, 0.2) is 0 Å². The third-order valence-electron chi connectivity index (χ3n) is 3.48. The van der Waals surface area contributed by atoms with Crippen LogP contribution in [0.2, 0.25) is 5.02 Å². The van der Waals surface area contributed by atoms with E-state index in [9.17, 15) is 13.2 Å². The molecule has 1 heterocycles. The Balaban J connectivity index is 1.77. The van der Waals surface area contributed by atoms with Gasteiger partial charge in [-0.25, -0.2) is 4.98 Å². The summed E-state index contributed by atoms with van der Waals surface area (Å²) in [5.74, 6) is 0.521. The molecule has 3 aromatic rings. The van der Waals surface area contributed by atoms with E-state index < -0.39 is 11.7 Å². The van der Waals surface area contributed by atoms with Gasteiger partial charge >= 0.3 is 6.18 Å². The van der Waals surface area contributed by atoms with Crippen LogP contribution in [0.15, 0.2) is 42.5 Å². The number of aromatic nitrogens is 1. The topological polar surface area (TPSA) is 22.1 Å². The molecular weight excluding hydrogens is 371 g/mol. The number of benzene rings is 2. The number of nitrogens with zero attached hydrogens (tertiary/aromatic N) is 1. The van der Waals surface area contributed by atoms with Gasteiger partial charge in [0.05, 0.1) is 21.2 Å². The highest BCUT2D eigenvalue weighted by Crippen LogP contribution is 2.33. The molecule has 0 N–H and O–H groups in total. The lowest BCUT2D eigenvalue weighted by molar-refractivity contribution is -0.137. The van der Waals surface area contributed by atoms with E-state index in [0.717, 1.165) is 22.7 Å². The molecule has 7 heteroatoms. The van der Waals surface area contributed by atoms with Crippen LogP contribution in [-0.4, -0.2) is 4.98 Å². The molecule has 0 fully saturated rings. The maximum atomic E-state index is 12.6. The fourth-order valence-corrected chi connectivity index (χ4v) is 3.30. The summed E-state index contributed by atoms with van der Waals surface area (Å²) in [5.41, 5.74) is 0.734. The summed E-state index contributed by atoms with van der Waals surface area (Å²) in [5, 5.41) is 1.04. The number of halogens is 4. The molecule has 0 amide bonds. The summed E-state index contributed by atoms with van der Waals surface area (Å²) in [6.45, 7) is 2.11. The molecule has 0 aliphatic rings. The molecule has 1 radical (unpaired) electrons. The maximum absolute atomic E-state index is 12.6. The summed E-state index contributed by atoms with van der Waals surface area (Å²) in [4.78, 5) is 5.31. The zero-order valence-corrected chi connectivity index (χ0v) is 14.6. The Hall–Kier alpha value is -2.05. The lowest BCUT2D eigenvalue weighted by atomic mass is 10.1. The van der Waals surface area contributed by atoms with Crippen LogP contribution in [0.4, 0.5) is 13.2 Å². The molecule has 0 aliphatic carbocycles. The van der Waals surface area contributed by atoms with Crippen LogP contribution in [0, 0.1) is 13.0 Å². The summed E-state index contributed by atoms with van der Waals surface area (Å²) < 4.78 is 43.6. The van der Waals surface area contributed by atoms with E-state index in [4.69, 9.17) is 16.3 Å². The molecule has 0 aliphatic heterocycles. The van der Waals surface area contributed by atoms with Gasteiger partial charge < -0.3 is 4.74 Å². The smallest absolute Gasteiger partial charge is 0.416 e. The largest absolute Gasteiger partial charge is 0.486 e. The minimum Gasteiger partial charge on any atom is -0.486 e. The Morgan fingerprint density at radius 1 is 1.20 bits per heavy atom. The van der Waals surface area contributed by atoms with Gasteiger partial charge in [-0.15, -0.1) is 11.3 Å². The van der Waals surface area contributed by atoms with Crippen molar-refractivity contribution in [1.29, 1.82) is 0 Å². The number of ether oxygens (including phenoxy) is 1. The van der Waals surface area contributed by atoms with Gasteiger partial charge in [0.1, 0.15) is 17.4 Å². The van der Waals surface area contributed by atoms with E-state index in [1.807, 2.05) is 6.92 Å². The number of thiazole rings is 1. The van der Waals surface area contributed by atoms with Gasteiger partial charge in [0.25, 0.3) is 0 Å². The minimum absolute atomic E-state index is 0.279. The molecule has 25 heavy (non-hydrogen) atoms. The fraction of sp³-hybridized carbons (Fsp3) is 0.167. The highest BCUT2D eigenvalue weighted by Gasteiger charge is 2.30. The van der Waals surface area contributed by atoms with Crippen LogP contribution in [0.3, 0.4) is 0 Å². The third-order valence-corrected chi connectivity index (χ3v) is 4.96. The van der Waals surface area contributed by atoms with Crippen LogP contribution in [0.5, 0.6) is 5.75 Å². The van der Waals surface area contributed by atoms with Gasteiger partial charge in [-0.05, 0) is 25.1 Å². The van der Waals surface area contributed by atoms with Crippen molar-refractivity contribution in [3.05, 3.63) is 69.7 Å². The van der Waals surface area contributed by atoms with E-state index in [2.05, 4.69) is 11.1 Å². The maximum Gasteiger partial charge on any atom is 0.416 e. The summed E-state index contributed by atoms with van der Waals surface area (Å²) in [6.07, 6.45) is -4.34. The number of hydrogen-bond donors (Lipinski definition) is 0. The summed E-state index contributed by atoms with van der Waals surface area (Å²) in [6, 6.07) is 13.0. The van der Waals surface area contributed by atoms with Crippen molar-refractivity contribution in [2.24, 2.45) is 0 Å². The van der Waals surface area contributed by atoms with Crippen LogP contribution in [0.1, 0.15) is 16.1 Å². The molecule has 2 aromatic carbocycles. The van der Waals surface area contributed by atoms with Gasteiger partial charge in [-0.1, -0.05) is 35.9 Å². The molecular formula is C18H12ClF3NOS. The molecule has 2 nitrogen and oxygen atoms in total. The van der Waals surface area contributed by atoms with Crippen LogP contribution in [0.25, 0.3) is 10.6 Å². The Morgan fingerprint density at radius 2 is 1.92 bits per heavy atom. The first-order chi connectivity index (χ1) is 11.8. The molecule has 0 unspecified atom stereocenters. The predicted molar refractivity (Wildman–Crippen MR) is 91.9 cm³/mol. The Morgan fingerprint density at radius 3 is 2.56 bits per heavy atom. The second kappa shape index (κ2) is 7.06. The highest BCUT2D eigenvalue weighted by molar-refractivity contribution is 7.15. The molecule has 129 valence electrons. The zero-order valence-electron chi connectivity index (χ0n) is 13.0. The Kier molecular flexibility index (Phi) is 5.01. The second-order valence-electron chi connectivity index (χ2n) is 5.24. The van der Waals surface area contributed by atoms with E-state index in [1.165, 1.54) is 23.5 Å². The van der Waals surface area contributed by atoms with Crippen molar-refractivity contribution >= 4 is 22.9 Å². The number of aryl methyl sites for hydroxylation is 1. The molecule has 1 aromatic heterocycles. The van der Waals surface area contributed by atoms with Crippen molar-refractivity contribution in [2.75, 3.05) is 0 Å². The molecule has 0 spiro atoms. The van der Waals surface area contributed by atoms with Gasteiger partial charge in [-0.2, -0.15) is 13.2 Å². The lowest BCUT2D eigenvalue weighted by Crippen LogP contribution is -2.03. The lowest BCUT2D eigenvalue weighted by Gasteiger charge is -2.06. The predicted octanol–water partition coefficient (Wildman–Crippen LogP) is 6.17. The Bertz CT molecular complexity index is 875. The first-order valence-electron chi connectivity index (χ1n) is 7.27. The van der Waals surface area contributed by atoms with Gasteiger partial charge in [0, 0.05) is 11.6 Å². The fourth-order valence-electron chi connectivity index (χ4n) is 2.14. The van der Waals surface area contributed by atoms with Gasteiger partial charge in [0.2, 0.25) is 0 Å². The number of rotatable bonds is 4. The molecule has 3 rings (SSSR count). The number of hydrogen-bond acceptors (Lipinski definition) is 3. The van der Waals surface area contributed by atoms with Crippen molar-refractivity contribution in [1.82, 2.24) is 4.98 Å². The second-order valence-corrected chi connectivity index (χ2v) is 6.70. The SMILES string of the molecule is Cc1nc(-c2ccc(C(F)(F)F)cc2)sc1COc1ccc[c]c1Cl. The highest BCUT2D eigenvalue weighted by atomic mass is 35.5. The Labute approximate surface area is 151 Å². The average molecular weight is 383 g/mol. The third kappa shape index (κ3) is 4.14. The normalized spacial score (nSPS) is 11.6. The quantitative estimate of drug-likeness (QED) is 0.538. The van der Waals surface area contributed by atoms with Gasteiger partial charge in [-0.3, -0.25) is 0 Å². The molecule has 0 bridgehead atoms. The van der Waals surface area contributed by atoms with Crippen molar-refractivity contribution in [3.8, 4) is 16.3 Å². The van der Waals surface area contributed by atoms with Crippen molar-refractivity contribution < 1.29 is 17.9 Å². The van der Waals surface area contributed by atoms with E-state index in [0.29, 0.717) is 21.3 Å². The van der Waals surface area contributed by atoms with Crippen LogP contribution in [-0.2, 0) is 12.8 Å².